The van der Waals surface area contributed by atoms with Crippen LogP contribution in [0.3, 0.4) is 0 Å². The van der Waals surface area contributed by atoms with E-state index in [0.717, 1.165) is 8.95 Å². The Bertz CT molecular complexity index is 1170. The van der Waals surface area contributed by atoms with Gasteiger partial charge in [0.15, 0.2) is 0 Å². The molecule has 0 fully saturated rings. The van der Waals surface area contributed by atoms with Gasteiger partial charge in [0.1, 0.15) is 0 Å². The Balaban J connectivity index is 1.78. The highest BCUT2D eigenvalue weighted by molar-refractivity contribution is 9.10. The second kappa shape index (κ2) is 9.27. The van der Waals surface area contributed by atoms with E-state index in [1.165, 1.54) is 32.1 Å². The number of benzene rings is 4. The molecule has 0 bridgehead atoms. The van der Waals surface area contributed by atoms with Gasteiger partial charge in [0, 0.05) is 18.8 Å². The Morgan fingerprint density at radius 3 is 1.22 bits per heavy atom. The Kier molecular flexibility index (Phi) is 6.23. The fourth-order valence-corrected chi connectivity index (χ4v) is 5.84. The lowest BCUT2D eigenvalue weighted by Gasteiger charge is -2.34. The summed E-state index contributed by atoms with van der Waals surface area (Å²) in [4.78, 5) is 2.51. The quantitative estimate of drug-likeness (QED) is 0.240. The van der Waals surface area contributed by atoms with Crippen LogP contribution in [0.1, 0.15) is 22.3 Å². The average Bonchev–Trinajstić information content (AvgIpc) is 2.86. The van der Waals surface area contributed by atoms with E-state index in [-0.39, 0.29) is 5.41 Å². The van der Waals surface area contributed by atoms with Crippen molar-refractivity contribution in [3.63, 3.8) is 0 Å². The van der Waals surface area contributed by atoms with Crippen molar-refractivity contribution >= 4 is 53.4 Å². The Morgan fingerprint density at radius 2 is 0.844 bits per heavy atom. The van der Waals surface area contributed by atoms with Crippen LogP contribution in [0.15, 0.2) is 130 Å². The van der Waals surface area contributed by atoms with Crippen molar-refractivity contribution in [2.45, 2.75) is 5.41 Å². The summed E-state index contributed by atoms with van der Waals surface area (Å²) in [6.07, 6.45) is 4.85. The monoisotopic (exact) mass is 558 g/mol. The Hall–Kier alpha value is -2.33. The molecule has 4 aromatic carbocycles. The molecule has 0 unspecified atom stereocenters. The van der Waals surface area contributed by atoms with E-state index in [2.05, 4.69) is 153 Å². The molecule has 0 N–H and O–H groups in total. The molecule has 0 spiro atoms. The van der Waals surface area contributed by atoms with E-state index < -0.39 is 0 Å². The van der Waals surface area contributed by atoms with Gasteiger partial charge in [-0.25, -0.2) is 0 Å². The first-order valence-electron chi connectivity index (χ1n) is 10.4. The number of halogens is 2. The molecular weight excluding hydrogens is 540 g/mol. The molecular formula is C29H20Br2S. The number of hydrogen-bond donors (Lipinski definition) is 0. The minimum atomic E-state index is -0.363. The topological polar surface area (TPSA) is 0 Å². The largest absolute Gasteiger partial charge is 0.0894 e. The number of rotatable bonds is 4. The molecule has 0 radical (unpaired) electrons. The summed E-state index contributed by atoms with van der Waals surface area (Å²) in [5.74, 6) is 0. The molecule has 0 saturated heterocycles. The summed E-state index contributed by atoms with van der Waals surface area (Å²) in [5, 5.41) is 0. The first-order valence-corrected chi connectivity index (χ1v) is 12.8. The van der Waals surface area contributed by atoms with Crippen LogP contribution in [0.25, 0.3) is 9.81 Å². The molecule has 0 nitrogen and oxygen atoms in total. The molecule has 0 atom stereocenters. The van der Waals surface area contributed by atoms with Crippen molar-refractivity contribution in [1.82, 2.24) is 0 Å². The summed E-state index contributed by atoms with van der Waals surface area (Å²) in [5.41, 5.74) is 4.60. The summed E-state index contributed by atoms with van der Waals surface area (Å²) in [7, 11) is 0. The number of allylic oxidation sites excluding steroid dienone is 2. The van der Waals surface area contributed by atoms with Crippen LogP contribution in [0, 0.1) is 0 Å². The van der Waals surface area contributed by atoms with Crippen molar-refractivity contribution in [2.75, 3.05) is 0 Å². The average molecular weight is 560 g/mol. The van der Waals surface area contributed by atoms with Gasteiger partial charge < -0.3 is 0 Å². The van der Waals surface area contributed by atoms with Crippen LogP contribution in [0.4, 0.5) is 0 Å². The maximum atomic E-state index is 3.58. The fraction of sp³-hybridized carbons (Fsp3) is 0.0345. The standard InChI is InChI=1S/C29H20Br2S/c30-25-15-11-21(12-16-25)27-19-29(23-7-3-1-4-8-23,24-9-5-2-6-10-24)20-28(32-27)22-13-17-26(31)18-14-22/h1-20H. The van der Waals surface area contributed by atoms with Gasteiger partial charge in [-0.3, -0.25) is 0 Å². The predicted molar refractivity (Wildman–Crippen MR) is 145 cm³/mol. The van der Waals surface area contributed by atoms with Gasteiger partial charge in [-0.2, -0.15) is 0 Å². The third-order valence-electron chi connectivity index (χ3n) is 5.70. The van der Waals surface area contributed by atoms with Gasteiger partial charge >= 0.3 is 0 Å². The van der Waals surface area contributed by atoms with Crippen LogP contribution < -0.4 is 0 Å². The van der Waals surface area contributed by atoms with Gasteiger partial charge in [-0.1, -0.05) is 141 Å². The lowest BCUT2D eigenvalue weighted by atomic mass is 9.73. The van der Waals surface area contributed by atoms with Crippen LogP contribution in [-0.2, 0) is 5.41 Å². The van der Waals surface area contributed by atoms with E-state index in [1.807, 2.05) is 11.8 Å². The SMILES string of the molecule is Brc1ccc(C2=CC(c3ccccc3)(c3ccccc3)C=C(c3ccc(Br)cc3)S2)cc1. The molecule has 0 saturated carbocycles. The fourth-order valence-electron chi connectivity index (χ4n) is 4.07. The van der Waals surface area contributed by atoms with Crippen molar-refractivity contribution in [1.29, 1.82) is 0 Å². The molecule has 1 heterocycles. The van der Waals surface area contributed by atoms with Gasteiger partial charge in [-0.05, 0) is 46.5 Å². The maximum Gasteiger partial charge on any atom is 0.0590 e. The minimum absolute atomic E-state index is 0.363. The molecule has 156 valence electrons. The molecule has 1 aliphatic rings. The molecule has 1 aliphatic heterocycles. The minimum Gasteiger partial charge on any atom is -0.0894 e. The van der Waals surface area contributed by atoms with Gasteiger partial charge in [-0.15, -0.1) is 0 Å². The summed E-state index contributed by atoms with van der Waals surface area (Å²) < 4.78 is 2.17. The van der Waals surface area contributed by atoms with Crippen molar-refractivity contribution in [3.05, 3.63) is 153 Å². The van der Waals surface area contributed by atoms with E-state index in [0.29, 0.717) is 0 Å². The summed E-state index contributed by atoms with van der Waals surface area (Å²) >= 11 is 8.99. The highest BCUT2D eigenvalue weighted by Gasteiger charge is 2.34. The van der Waals surface area contributed by atoms with Crippen LogP contribution in [-0.4, -0.2) is 0 Å². The van der Waals surface area contributed by atoms with Crippen LogP contribution in [0.2, 0.25) is 0 Å². The second-order valence-corrected chi connectivity index (χ2v) is 10.6. The molecule has 32 heavy (non-hydrogen) atoms. The molecule has 3 heteroatoms. The zero-order chi connectivity index (χ0) is 22.0. The summed E-state index contributed by atoms with van der Waals surface area (Å²) in [6, 6.07) is 38.8. The molecule has 0 aromatic heterocycles. The number of hydrogen-bond acceptors (Lipinski definition) is 1. The molecule has 0 aliphatic carbocycles. The van der Waals surface area contributed by atoms with E-state index in [1.54, 1.807) is 0 Å². The lowest BCUT2D eigenvalue weighted by Crippen LogP contribution is -2.25. The molecule has 5 rings (SSSR count). The summed E-state index contributed by atoms with van der Waals surface area (Å²) in [6.45, 7) is 0. The lowest BCUT2D eigenvalue weighted by molar-refractivity contribution is 0.820. The Labute approximate surface area is 210 Å². The third-order valence-corrected chi connectivity index (χ3v) is 7.90. The Morgan fingerprint density at radius 1 is 0.469 bits per heavy atom. The number of thioether (sulfide) groups is 1. The predicted octanol–water partition coefficient (Wildman–Crippen LogP) is 9.33. The maximum absolute atomic E-state index is 3.58. The van der Waals surface area contributed by atoms with Crippen LogP contribution >= 0.6 is 43.6 Å². The zero-order valence-electron chi connectivity index (χ0n) is 17.2. The first-order chi connectivity index (χ1) is 15.6. The van der Waals surface area contributed by atoms with Crippen LogP contribution in [0.5, 0.6) is 0 Å². The highest BCUT2D eigenvalue weighted by atomic mass is 79.9. The zero-order valence-corrected chi connectivity index (χ0v) is 21.2. The second-order valence-electron chi connectivity index (χ2n) is 7.73. The van der Waals surface area contributed by atoms with E-state index in [4.69, 9.17) is 0 Å². The van der Waals surface area contributed by atoms with Crippen molar-refractivity contribution in [3.8, 4) is 0 Å². The van der Waals surface area contributed by atoms with Gasteiger partial charge in [0.05, 0.1) is 5.41 Å². The van der Waals surface area contributed by atoms with Gasteiger partial charge in [0.25, 0.3) is 0 Å². The molecule has 4 aromatic rings. The van der Waals surface area contributed by atoms with E-state index >= 15 is 0 Å². The normalized spacial score (nSPS) is 15.1. The van der Waals surface area contributed by atoms with Crippen molar-refractivity contribution in [2.24, 2.45) is 0 Å². The first kappa shape index (κ1) is 21.5. The van der Waals surface area contributed by atoms with Crippen molar-refractivity contribution < 1.29 is 0 Å². The van der Waals surface area contributed by atoms with E-state index in [9.17, 15) is 0 Å². The third kappa shape index (κ3) is 4.30. The highest BCUT2D eigenvalue weighted by Crippen LogP contribution is 2.51. The van der Waals surface area contributed by atoms with Gasteiger partial charge in [0.2, 0.25) is 0 Å². The molecule has 0 amide bonds. The smallest absolute Gasteiger partial charge is 0.0590 e.